The molecule has 2 aromatic rings. The first kappa shape index (κ1) is 20.5. The van der Waals surface area contributed by atoms with Crippen molar-refractivity contribution in [1.82, 2.24) is 10.1 Å². The molecular formula is C18H20F3N3O3. The van der Waals surface area contributed by atoms with Crippen LogP contribution in [0, 0.1) is 13.8 Å². The predicted molar refractivity (Wildman–Crippen MR) is 91.9 cm³/mol. The second-order valence-electron chi connectivity index (χ2n) is 6.05. The fourth-order valence-corrected chi connectivity index (χ4v) is 2.59. The largest absolute Gasteiger partial charge is 0.471 e. The van der Waals surface area contributed by atoms with Crippen LogP contribution < -0.4 is 5.32 Å². The Balaban J connectivity index is 2.06. The maximum atomic E-state index is 12.6. The quantitative estimate of drug-likeness (QED) is 0.830. The Morgan fingerprint density at radius 3 is 2.52 bits per heavy atom. The van der Waals surface area contributed by atoms with Gasteiger partial charge < -0.3 is 14.7 Å². The van der Waals surface area contributed by atoms with E-state index in [0.717, 1.165) is 0 Å². The van der Waals surface area contributed by atoms with Crippen LogP contribution in [0.15, 0.2) is 28.8 Å². The molecule has 0 atom stereocenters. The van der Waals surface area contributed by atoms with Crippen LogP contribution in [0.2, 0.25) is 0 Å². The van der Waals surface area contributed by atoms with Crippen molar-refractivity contribution in [3.8, 4) is 0 Å². The number of aromatic nitrogens is 1. The van der Waals surface area contributed by atoms with E-state index >= 15 is 0 Å². The number of rotatable bonds is 6. The van der Waals surface area contributed by atoms with Gasteiger partial charge in [-0.25, -0.2) is 0 Å². The number of amides is 2. The molecule has 0 aliphatic rings. The predicted octanol–water partition coefficient (Wildman–Crippen LogP) is 3.38. The minimum Gasteiger partial charge on any atom is -0.361 e. The van der Waals surface area contributed by atoms with Gasteiger partial charge in [0.25, 0.3) is 0 Å². The molecule has 6 nitrogen and oxygen atoms in total. The van der Waals surface area contributed by atoms with Crippen molar-refractivity contribution in [2.24, 2.45) is 0 Å². The third-order valence-electron chi connectivity index (χ3n) is 4.01. The molecule has 0 aliphatic carbocycles. The molecular weight excluding hydrogens is 363 g/mol. The molecule has 1 N–H and O–H groups in total. The zero-order chi connectivity index (χ0) is 20.2. The molecule has 27 heavy (non-hydrogen) atoms. The first-order valence-corrected chi connectivity index (χ1v) is 8.28. The van der Waals surface area contributed by atoms with Crippen LogP contribution in [0.4, 0.5) is 18.9 Å². The summed E-state index contributed by atoms with van der Waals surface area (Å²) in [6.07, 6.45) is -4.85. The maximum Gasteiger partial charge on any atom is 0.471 e. The summed E-state index contributed by atoms with van der Waals surface area (Å²) in [4.78, 5) is 24.3. The molecule has 1 aromatic heterocycles. The van der Waals surface area contributed by atoms with Crippen molar-refractivity contribution in [3.63, 3.8) is 0 Å². The Morgan fingerprint density at radius 1 is 1.26 bits per heavy atom. The molecule has 0 fully saturated rings. The van der Waals surface area contributed by atoms with Crippen LogP contribution >= 0.6 is 0 Å². The fraction of sp³-hybridized carbons (Fsp3) is 0.389. The topological polar surface area (TPSA) is 75.4 Å². The Labute approximate surface area is 154 Å². The molecule has 2 amide bonds. The van der Waals surface area contributed by atoms with E-state index < -0.39 is 12.1 Å². The zero-order valence-electron chi connectivity index (χ0n) is 15.2. The van der Waals surface area contributed by atoms with Gasteiger partial charge in [-0.3, -0.25) is 9.59 Å². The number of alkyl halides is 3. The van der Waals surface area contributed by atoms with Gasteiger partial charge in [0, 0.05) is 24.3 Å². The molecule has 1 aromatic carbocycles. The minimum atomic E-state index is -4.92. The second-order valence-corrected chi connectivity index (χ2v) is 6.05. The van der Waals surface area contributed by atoms with Gasteiger partial charge in [-0.2, -0.15) is 13.2 Å². The van der Waals surface area contributed by atoms with Crippen LogP contribution in [-0.2, 0) is 22.6 Å². The summed E-state index contributed by atoms with van der Waals surface area (Å²) in [5.41, 5.74) is 2.22. The third kappa shape index (κ3) is 5.32. The molecule has 0 unspecified atom stereocenters. The number of anilines is 1. The maximum absolute atomic E-state index is 12.6. The molecule has 9 heteroatoms. The summed E-state index contributed by atoms with van der Waals surface area (Å²) in [6, 6.07) is 6.36. The summed E-state index contributed by atoms with van der Waals surface area (Å²) in [6.45, 7) is 4.62. The highest BCUT2D eigenvalue weighted by atomic mass is 19.4. The van der Waals surface area contributed by atoms with Crippen LogP contribution in [0.5, 0.6) is 0 Å². The average molecular weight is 383 g/mol. The molecule has 0 saturated heterocycles. The Morgan fingerprint density at radius 2 is 1.96 bits per heavy atom. The van der Waals surface area contributed by atoms with E-state index in [1.807, 2.05) is 0 Å². The Kier molecular flexibility index (Phi) is 6.24. The lowest BCUT2D eigenvalue weighted by atomic mass is 10.1. The van der Waals surface area contributed by atoms with Gasteiger partial charge in [-0.15, -0.1) is 0 Å². The van der Waals surface area contributed by atoms with Crippen LogP contribution in [0.3, 0.4) is 0 Å². The van der Waals surface area contributed by atoms with Gasteiger partial charge in [-0.05, 0) is 38.5 Å². The molecule has 0 radical (unpaired) electrons. The highest BCUT2D eigenvalue weighted by Crippen LogP contribution is 2.21. The SMILES string of the molecule is CCN(Cc1cccc(NC(=O)Cc2c(C)noc2C)c1)C(=O)C(F)(F)F. The van der Waals surface area contributed by atoms with Gasteiger partial charge in [0.2, 0.25) is 5.91 Å². The molecule has 2 rings (SSSR count). The molecule has 0 spiro atoms. The van der Waals surface area contributed by atoms with Crippen molar-refractivity contribution in [3.05, 3.63) is 46.8 Å². The number of halogens is 3. The lowest BCUT2D eigenvalue weighted by molar-refractivity contribution is -0.185. The monoisotopic (exact) mass is 383 g/mol. The number of nitrogens with zero attached hydrogens (tertiary/aromatic N) is 2. The van der Waals surface area contributed by atoms with Gasteiger partial charge in [0.1, 0.15) is 5.76 Å². The van der Waals surface area contributed by atoms with E-state index in [9.17, 15) is 22.8 Å². The molecule has 1 heterocycles. The summed E-state index contributed by atoms with van der Waals surface area (Å²) < 4.78 is 42.9. The first-order valence-electron chi connectivity index (χ1n) is 8.28. The van der Waals surface area contributed by atoms with E-state index in [1.165, 1.54) is 13.0 Å². The Bertz CT molecular complexity index is 811. The highest BCUT2D eigenvalue weighted by molar-refractivity contribution is 5.92. The van der Waals surface area contributed by atoms with E-state index in [1.54, 1.807) is 32.0 Å². The number of benzene rings is 1. The summed E-state index contributed by atoms with van der Waals surface area (Å²) in [7, 11) is 0. The number of hydrogen-bond donors (Lipinski definition) is 1. The van der Waals surface area contributed by atoms with Crippen molar-refractivity contribution >= 4 is 17.5 Å². The molecule has 0 bridgehead atoms. The highest BCUT2D eigenvalue weighted by Gasteiger charge is 2.41. The molecule has 0 aliphatic heterocycles. The fourth-order valence-electron chi connectivity index (χ4n) is 2.59. The molecule has 146 valence electrons. The van der Waals surface area contributed by atoms with E-state index in [2.05, 4.69) is 10.5 Å². The van der Waals surface area contributed by atoms with Crippen molar-refractivity contribution < 1.29 is 27.3 Å². The lowest BCUT2D eigenvalue weighted by Crippen LogP contribution is -2.40. The zero-order valence-corrected chi connectivity index (χ0v) is 15.2. The lowest BCUT2D eigenvalue weighted by Gasteiger charge is -2.22. The van der Waals surface area contributed by atoms with E-state index in [-0.39, 0.29) is 25.4 Å². The number of aryl methyl sites for hydroxylation is 2. The second kappa shape index (κ2) is 8.24. The van der Waals surface area contributed by atoms with Crippen LogP contribution in [-0.4, -0.2) is 34.6 Å². The number of nitrogens with one attached hydrogen (secondary N) is 1. The van der Waals surface area contributed by atoms with Gasteiger partial charge in [0.15, 0.2) is 0 Å². The summed E-state index contributed by atoms with van der Waals surface area (Å²) in [5.74, 6) is -1.64. The van der Waals surface area contributed by atoms with Crippen molar-refractivity contribution in [2.45, 2.75) is 39.9 Å². The third-order valence-corrected chi connectivity index (χ3v) is 4.01. The smallest absolute Gasteiger partial charge is 0.361 e. The Hall–Kier alpha value is -2.84. The van der Waals surface area contributed by atoms with E-state index in [0.29, 0.717) is 33.2 Å². The van der Waals surface area contributed by atoms with E-state index in [4.69, 9.17) is 4.52 Å². The minimum absolute atomic E-state index is 0.0685. The average Bonchev–Trinajstić information content (AvgIpc) is 2.90. The summed E-state index contributed by atoms with van der Waals surface area (Å²) >= 11 is 0. The van der Waals surface area contributed by atoms with Crippen LogP contribution in [0.25, 0.3) is 0 Å². The van der Waals surface area contributed by atoms with Gasteiger partial charge >= 0.3 is 12.1 Å². The molecule has 0 saturated carbocycles. The van der Waals surface area contributed by atoms with Gasteiger partial charge in [-0.1, -0.05) is 17.3 Å². The van der Waals surface area contributed by atoms with Crippen molar-refractivity contribution in [2.75, 3.05) is 11.9 Å². The first-order chi connectivity index (χ1) is 12.6. The number of carbonyl (C=O) groups excluding carboxylic acids is 2. The normalized spacial score (nSPS) is 11.3. The van der Waals surface area contributed by atoms with Gasteiger partial charge in [0.05, 0.1) is 12.1 Å². The van der Waals surface area contributed by atoms with Crippen molar-refractivity contribution in [1.29, 1.82) is 0 Å². The number of carbonyl (C=O) groups is 2. The number of hydrogen-bond acceptors (Lipinski definition) is 4. The standard InChI is InChI=1S/C18H20F3N3O3/c1-4-24(17(26)18(19,20)21)10-13-6-5-7-14(8-13)22-16(25)9-15-11(2)23-27-12(15)3/h5-8H,4,9-10H2,1-3H3,(H,22,25). The van der Waals surface area contributed by atoms with Crippen LogP contribution in [0.1, 0.15) is 29.5 Å². The summed E-state index contributed by atoms with van der Waals surface area (Å²) in [5, 5.41) is 6.48.